The molecule has 0 amide bonds. The number of ether oxygens (including phenoxy) is 3. The van der Waals surface area contributed by atoms with E-state index >= 15 is 0 Å². The van der Waals surface area contributed by atoms with Crippen molar-refractivity contribution in [3.63, 3.8) is 0 Å². The summed E-state index contributed by atoms with van der Waals surface area (Å²) < 4.78 is 17.6. The van der Waals surface area contributed by atoms with Gasteiger partial charge < -0.3 is 14.2 Å². The summed E-state index contributed by atoms with van der Waals surface area (Å²) >= 11 is 3.40. The fourth-order valence-corrected chi connectivity index (χ4v) is 1.99. The van der Waals surface area contributed by atoms with E-state index in [4.69, 9.17) is 14.2 Å². The first kappa shape index (κ1) is 11.9. The molecule has 0 atom stereocenters. The molecule has 1 aromatic carbocycles. The lowest BCUT2D eigenvalue weighted by molar-refractivity contribution is -0.150. The molecule has 1 aliphatic rings. The van der Waals surface area contributed by atoms with Crippen molar-refractivity contribution in [2.24, 2.45) is 0 Å². The molecule has 0 aliphatic carbocycles. The van der Waals surface area contributed by atoms with Gasteiger partial charge in [-0.25, -0.2) is 0 Å². The van der Waals surface area contributed by atoms with E-state index < -0.39 is 5.79 Å². The average molecular weight is 287 g/mol. The van der Waals surface area contributed by atoms with Crippen LogP contribution in [0, 0.1) is 0 Å². The first-order valence-electron chi connectivity index (χ1n) is 5.34. The van der Waals surface area contributed by atoms with Gasteiger partial charge in [0.25, 0.3) is 0 Å². The molecule has 1 aliphatic heterocycles. The Hall–Kier alpha value is -0.580. The SMILES string of the molecule is CC1(CCOc2cccc(Br)c2)OCCO1. The molecule has 0 aromatic heterocycles. The van der Waals surface area contributed by atoms with Crippen LogP contribution < -0.4 is 4.74 Å². The molecule has 1 aromatic rings. The monoisotopic (exact) mass is 286 g/mol. The Morgan fingerprint density at radius 3 is 2.81 bits per heavy atom. The van der Waals surface area contributed by atoms with Gasteiger partial charge in [0.15, 0.2) is 5.79 Å². The van der Waals surface area contributed by atoms with Crippen molar-refractivity contribution < 1.29 is 14.2 Å². The molecular formula is C12H15BrO3. The van der Waals surface area contributed by atoms with Crippen molar-refractivity contribution in [1.29, 1.82) is 0 Å². The quantitative estimate of drug-likeness (QED) is 0.852. The summed E-state index contributed by atoms with van der Waals surface area (Å²) in [5.74, 6) is 0.391. The smallest absolute Gasteiger partial charge is 0.168 e. The molecule has 16 heavy (non-hydrogen) atoms. The molecule has 1 heterocycles. The maximum absolute atomic E-state index is 5.62. The van der Waals surface area contributed by atoms with E-state index in [9.17, 15) is 0 Å². The van der Waals surface area contributed by atoms with Gasteiger partial charge >= 0.3 is 0 Å². The maximum Gasteiger partial charge on any atom is 0.168 e. The Bertz CT molecular complexity index is 348. The van der Waals surface area contributed by atoms with Crippen molar-refractivity contribution in [1.82, 2.24) is 0 Å². The Labute approximate surface area is 104 Å². The second-order valence-corrected chi connectivity index (χ2v) is 4.80. The largest absolute Gasteiger partial charge is 0.493 e. The number of hydrogen-bond acceptors (Lipinski definition) is 3. The standard InChI is InChI=1S/C12H15BrO3/c1-12(15-7-8-16-12)5-6-14-11-4-2-3-10(13)9-11/h2-4,9H,5-8H2,1H3. The summed E-state index contributed by atoms with van der Waals surface area (Å²) in [6, 6.07) is 7.79. The maximum atomic E-state index is 5.62. The molecule has 1 saturated heterocycles. The van der Waals surface area contributed by atoms with E-state index in [1.165, 1.54) is 0 Å². The van der Waals surface area contributed by atoms with Crippen molar-refractivity contribution >= 4 is 15.9 Å². The van der Waals surface area contributed by atoms with Gasteiger partial charge in [0, 0.05) is 10.9 Å². The summed E-state index contributed by atoms with van der Waals surface area (Å²) in [6.07, 6.45) is 0.736. The topological polar surface area (TPSA) is 27.7 Å². The predicted molar refractivity (Wildman–Crippen MR) is 64.6 cm³/mol. The molecule has 0 N–H and O–H groups in total. The van der Waals surface area contributed by atoms with Crippen molar-refractivity contribution in [2.75, 3.05) is 19.8 Å². The zero-order valence-corrected chi connectivity index (χ0v) is 10.8. The lowest BCUT2D eigenvalue weighted by atomic mass is 10.2. The van der Waals surface area contributed by atoms with Crippen LogP contribution in [0.4, 0.5) is 0 Å². The van der Waals surface area contributed by atoms with Crippen LogP contribution in [0.25, 0.3) is 0 Å². The molecule has 0 spiro atoms. The molecule has 0 bridgehead atoms. The van der Waals surface area contributed by atoms with Gasteiger partial charge in [-0.05, 0) is 25.1 Å². The van der Waals surface area contributed by atoms with E-state index in [0.717, 1.165) is 16.6 Å². The molecule has 3 nitrogen and oxygen atoms in total. The third-order valence-electron chi connectivity index (χ3n) is 2.52. The minimum absolute atomic E-state index is 0.466. The van der Waals surface area contributed by atoms with Crippen LogP contribution in [0.2, 0.25) is 0 Å². The van der Waals surface area contributed by atoms with Gasteiger partial charge in [-0.15, -0.1) is 0 Å². The van der Waals surface area contributed by atoms with Gasteiger partial charge in [0.05, 0.1) is 19.8 Å². The summed E-state index contributed by atoms with van der Waals surface area (Å²) in [5, 5.41) is 0. The van der Waals surface area contributed by atoms with Gasteiger partial charge in [0.2, 0.25) is 0 Å². The fourth-order valence-electron chi connectivity index (χ4n) is 1.61. The zero-order chi connectivity index (χ0) is 11.4. The van der Waals surface area contributed by atoms with Crippen molar-refractivity contribution in [3.05, 3.63) is 28.7 Å². The van der Waals surface area contributed by atoms with Gasteiger partial charge in [-0.1, -0.05) is 22.0 Å². The molecule has 0 unspecified atom stereocenters. The van der Waals surface area contributed by atoms with Crippen LogP contribution in [0.5, 0.6) is 5.75 Å². The Balaban J connectivity index is 1.79. The van der Waals surface area contributed by atoms with E-state index in [0.29, 0.717) is 19.8 Å². The Morgan fingerprint density at radius 1 is 1.38 bits per heavy atom. The molecule has 4 heteroatoms. The second-order valence-electron chi connectivity index (χ2n) is 3.89. The van der Waals surface area contributed by atoms with Crippen LogP contribution in [-0.4, -0.2) is 25.6 Å². The molecule has 1 fully saturated rings. The predicted octanol–water partition coefficient (Wildman–Crippen LogP) is 2.98. The molecule has 2 rings (SSSR count). The molecule has 0 radical (unpaired) electrons. The van der Waals surface area contributed by atoms with Gasteiger partial charge in [-0.2, -0.15) is 0 Å². The minimum Gasteiger partial charge on any atom is -0.493 e. The molecular weight excluding hydrogens is 272 g/mol. The third-order valence-corrected chi connectivity index (χ3v) is 3.01. The lowest BCUT2D eigenvalue weighted by Gasteiger charge is -2.22. The molecule has 88 valence electrons. The zero-order valence-electron chi connectivity index (χ0n) is 9.24. The van der Waals surface area contributed by atoms with Crippen molar-refractivity contribution in [3.8, 4) is 5.75 Å². The summed E-state index contributed by atoms with van der Waals surface area (Å²) in [6.45, 7) is 3.89. The molecule has 0 saturated carbocycles. The van der Waals surface area contributed by atoms with Gasteiger partial charge in [0.1, 0.15) is 5.75 Å². The van der Waals surface area contributed by atoms with Crippen LogP contribution in [0.3, 0.4) is 0 Å². The summed E-state index contributed by atoms with van der Waals surface area (Å²) in [5.41, 5.74) is 0. The van der Waals surface area contributed by atoms with E-state index in [-0.39, 0.29) is 0 Å². The van der Waals surface area contributed by atoms with Crippen molar-refractivity contribution in [2.45, 2.75) is 19.1 Å². The Morgan fingerprint density at radius 2 is 2.12 bits per heavy atom. The first-order valence-corrected chi connectivity index (χ1v) is 6.14. The lowest BCUT2D eigenvalue weighted by Crippen LogP contribution is -2.27. The van der Waals surface area contributed by atoms with E-state index in [2.05, 4.69) is 15.9 Å². The highest BCUT2D eigenvalue weighted by Crippen LogP contribution is 2.23. The van der Waals surface area contributed by atoms with Crippen LogP contribution >= 0.6 is 15.9 Å². The minimum atomic E-state index is -0.466. The van der Waals surface area contributed by atoms with Crippen LogP contribution in [0.15, 0.2) is 28.7 Å². The van der Waals surface area contributed by atoms with E-state index in [1.54, 1.807) is 0 Å². The number of halogens is 1. The number of benzene rings is 1. The normalized spacial score (nSPS) is 18.6. The fraction of sp³-hybridized carbons (Fsp3) is 0.500. The highest BCUT2D eigenvalue weighted by Gasteiger charge is 2.30. The number of hydrogen-bond donors (Lipinski definition) is 0. The Kier molecular flexibility index (Phi) is 3.84. The highest BCUT2D eigenvalue weighted by atomic mass is 79.9. The second kappa shape index (κ2) is 5.17. The van der Waals surface area contributed by atoms with Gasteiger partial charge in [-0.3, -0.25) is 0 Å². The highest BCUT2D eigenvalue weighted by molar-refractivity contribution is 9.10. The first-order chi connectivity index (χ1) is 7.68. The third kappa shape index (κ3) is 3.20. The van der Waals surface area contributed by atoms with E-state index in [1.807, 2.05) is 31.2 Å². The summed E-state index contributed by atoms with van der Waals surface area (Å²) in [4.78, 5) is 0. The number of rotatable bonds is 4. The average Bonchev–Trinajstić information content (AvgIpc) is 2.65. The summed E-state index contributed by atoms with van der Waals surface area (Å²) in [7, 11) is 0. The van der Waals surface area contributed by atoms with Crippen LogP contribution in [0.1, 0.15) is 13.3 Å². The van der Waals surface area contributed by atoms with Crippen LogP contribution in [-0.2, 0) is 9.47 Å².